The summed E-state index contributed by atoms with van der Waals surface area (Å²) in [5.41, 5.74) is 0.571. The van der Waals surface area contributed by atoms with Crippen molar-refractivity contribution >= 4 is 34.0 Å². The third-order valence-corrected chi connectivity index (χ3v) is 8.89. The van der Waals surface area contributed by atoms with Crippen molar-refractivity contribution in [2.75, 3.05) is 44.2 Å². The number of benzene rings is 2. The summed E-state index contributed by atoms with van der Waals surface area (Å²) in [7, 11) is -3.89. The molecule has 0 spiro atoms. The number of cyclic esters (lactones) is 1. The number of carbonyl (C=O) groups excluding carboxylic acids is 3. The summed E-state index contributed by atoms with van der Waals surface area (Å²) in [5.74, 6) is 0.229. The Morgan fingerprint density at radius 3 is 2.45 bits per heavy atom. The molecule has 2 atom stereocenters. The minimum atomic E-state index is -3.89. The minimum Gasteiger partial charge on any atom is -0.489 e. The molecule has 2 fully saturated rings. The van der Waals surface area contributed by atoms with Crippen LogP contribution in [0, 0.1) is 0 Å². The van der Waals surface area contributed by atoms with Crippen LogP contribution in [0.3, 0.4) is 0 Å². The van der Waals surface area contributed by atoms with Crippen LogP contribution >= 0.6 is 0 Å². The molecule has 1 N–H and O–H groups in total. The molecule has 14 heteroatoms. The van der Waals surface area contributed by atoms with E-state index in [-0.39, 0.29) is 56.6 Å². The van der Waals surface area contributed by atoms with Crippen LogP contribution in [0.15, 0.2) is 53.4 Å². The maximum Gasteiger partial charge on any atom is 0.415 e. The molecule has 3 heterocycles. The first-order valence-corrected chi connectivity index (χ1v) is 15.1. The molecule has 2 aromatic carbocycles. The lowest BCUT2D eigenvalue weighted by Crippen LogP contribution is -2.51. The molecule has 0 unspecified atom stereocenters. The van der Waals surface area contributed by atoms with Gasteiger partial charge in [0, 0.05) is 32.2 Å². The molecule has 0 aliphatic carbocycles. The lowest BCUT2D eigenvalue weighted by molar-refractivity contribution is 0.0192. The van der Waals surface area contributed by atoms with Gasteiger partial charge in [-0.05, 0) is 38.5 Å². The monoisotopic (exact) mass is 602 g/mol. The first-order chi connectivity index (χ1) is 19.9. The van der Waals surface area contributed by atoms with Crippen molar-refractivity contribution in [2.24, 2.45) is 0 Å². The lowest BCUT2D eigenvalue weighted by Gasteiger charge is -2.35. The molecule has 3 amide bonds. The number of nitrogens with one attached hydrogen (secondary N) is 1. The standard InChI is InChI=1S/C28H34N4O9S/c1-28(2,3)41-26(34)30-11-13-31(14-12-30)42(36,37)20-9-10-21-23(15-20)38-18-22-24(40-27(35)32(21)22)16-29-25(33)39-17-19-7-5-4-6-8-19/h4-10,15,22,24H,11-14,16-18H2,1-3H3,(H,29,33)/t22-,24+/m1/s1. The fourth-order valence-electron chi connectivity index (χ4n) is 4.89. The van der Waals surface area contributed by atoms with Crippen LogP contribution in [0.2, 0.25) is 0 Å². The zero-order valence-corrected chi connectivity index (χ0v) is 24.5. The van der Waals surface area contributed by atoms with E-state index in [2.05, 4.69) is 5.32 Å². The average molecular weight is 603 g/mol. The van der Waals surface area contributed by atoms with E-state index in [9.17, 15) is 22.8 Å². The number of piperazine rings is 1. The van der Waals surface area contributed by atoms with Gasteiger partial charge in [-0.3, -0.25) is 4.90 Å². The Morgan fingerprint density at radius 1 is 1.05 bits per heavy atom. The molecule has 0 bridgehead atoms. The van der Waals surface area contributed by atoms with E-state index in [0.717, 1.165) is 5.56 Å². The molecular weight excluding hydrogens is 568 g/mol. The van der Waals surface area contributed by atoms with Crippen molar-refractivity contribution in [3.63, 3.8) is 0 Å². The van der Waals surface area contributed by atoms with Gasteiger partial charge in [-0.25, -0.2) is 22.8 Å². The molecule has 2 aromatic rings. The van der Waals surface area contributed by atoms with E-state index in [0.29, 0.717) is 5.69 Å². The van der Waals surface area contributed by atoms with Gasteiger partial charge in [0.25, 0.3) is 0 Å². The Bertz CT molecular complexity index is 1440. The first kappa shape index (κ1) is 29.5. The molecule has 2 saturated heterocycles. The van der Waals surface area contributed by atoms with Crippen LogP contribution in [0.25, 0.3) is 0 Å². The summed E-state index contributed by atoms with van der Waals surface area (Å²) in [6.07, 6.45) is -2.44. The maximum absolute atomic E-state index is 13.4. The van der Waals surface area contributed by atoms with E-state index in [1.807, 2.05) is 30.3 Å². The SMILES string of the molecule is CC(C)(C)OC(=O)N1CCN(S(=O)(=O)c2ccc3c(c2)OC[C@@H]2[C@H](CNC(=O)OCc4ccccc4)OC(=O)N32)CC1. The van der Waals surface area contributed by atoms with Crippen molar-refractivity contribution in [3.05, 3.63) is 54.1 Å². The number of amides is 3. The molecule has 0 aromatic heterocycles. The van der Waals surface area contributed by atoms with Crippen molar-refractivity contribution < 1.29 is 41.7 Å². The van der Waals surface area contributed by atoms with Crippen LogP contribution in [0.5, 0.6) is 5.75 Å². The van der Waals surface area contributed by atoms with Gasteiger partial charge in [-0.2, -0.15) is 4.31 Å². The van der Waals surface area contributed by atoms with Crippen LogP contribution in [-0.2, 0) is 30.8 Å². The van der Waals surface area contributed by atoms with Gasteiger partial charge in [0.1, 0.15) is 36.7 Å². The van der Waals surface area contributed by atoms with E-state index < -0.39 is 46.0 Å². The van der Waals surface area contributed by atoms with Crippen LogP contribution in [0.4, 0.5) is 20.1 Å². The number of hydrogen-bond donors (Lipinski definition) is 1. The van der Waals surface area contributed by atoms with Crippen LogP contribution in [0.1, 0.15) is 26.3 Å². The van der Waals surface area contributed by atoms with Crippen molar-refractivity contribution in [3.8, 4) is 5.75 Å². The number of anilines is 1. The summed E-state index contributed by atoms with van der Waals surface area (Å²) >= 11 is 0. The van der Waals surface area contributed by atoms with E-state index in [1.54, 1.807) is 20.8 Å². The zero-order valence-electron chi connectivity index (χ0n) is 23.6. The quantitative estimate of drug-likeness (QED) is 0.494. The van der Waals surface area contributed by atoms with Gasteiger partial charge in [-0.15, -0.1) is 0 Å². The summed E-state index contributed by atoms with van der Waals surface area (Å²) in [6.45, 7) is 6.11. The number of fused-ring (bicyclic) bond motifs is 3. The molecule has 0 radical (unpaired) electrons. The predicted molar refractivity (Wildman–Crippen MR) is 150 cm³/mol. The highest BCUT2D eigenvalue weighted by atomic mass is 32.2. The largest absolute Gasteiger partial charge is 0.489 e. The van der Waals surface area contributed by atoms with Gasteiger partial charge in [0.15, 0.2) is 0 Å². The van der Waals surface area contributed by atoms with Crippen LogP contribution in [-0.4, -0.2) is 93.0 Å². The third-order valence-electron chi connectivity index (χ3n) is 7.00. The highest BCUT2D eigenvalue weighted by Crippen LogP contribution is 2.40. The normalized spacial score (nSPS) is 20.6. The minimum absolute atomic E-state index is 0.0114. The number of ether oxygens (including phenoxy) is 4. The van der Waals surface area contributed by atoms with Crippen LogP contribution < -0.4 is 15.0 Å². The third kappa shape index (κ3) is 6.39. The highest BCUT2D eigenvalue weighted by molar-refractivity contribution is 7.89. The Hall–Kier alpha value is -4.04. The number of rotatable bonds is 6. The second-order valence-electron chi connectivity index (χ2n) is 11.1. The molecule has 3 aliphatic heterocycles. The maximum atomic E-state index is 13.4. The molecule has 226 valence electrons. The molecule has 0 saturated carbocycles. The average Bonchev–Trinajstić information content (AvgIpc) is 3.29. The lowest BCUT2D eigenvalue weighted by atomic mass is 10.1. The van der Waals surface area contributed by atoms with Gasteiger partial charge >= 0.3 is 18.3 Å². The molecular formula is C28H34N4O9S. The number of carbonyl (C=O) groups is 3. The zero-order chi connectivity index (χ0) is 30.1. The van der Waals surface area contributed by atoms with Gasteiger partial charge < -0.3 is 29.2 Å². The second kappa shape index (κ2) is 11.7. The molecule has 13 nitrogen and oxygen atoms in total. The first-order valence-electron chi connectivity index (χ1n) is 13.6. The summed E-state index contributed by atoms with van der Waals surface area (Å²) < 4.78 is 50.1. The molecule has 3 aliphatic rings. The number of sulfonamides is 1. The fourth-order valence-corrected chi connectivity index (χ4v) is 6.33. The van der Waals surface area contributed by atoms with Crippen molar-refractivity contribution in [1.82, 2.24) is 14.5 Å². The van der Waals surface area contributed by atoms with E-state index in [4.69, 9.17) is 18.9 Å². The van der Waals surface area contributed by atoms with Gasteiger partial charge in [-0.1, -0.05) is 30.3 Å². The second-order valence-corrected chi connectivity index (χ2v) is 13.1. The number of alkyl carbamates (subject to hydrolysis) is 1. The smallest absolute Gasteiger partial charge is 0.415 e. The Kier molecular flexibility index (Phi) is 8.19. The fraction of sp³-hybridized carbons (Fsp3) is 0.464. The topological polar surface area (TPSA) is 144 Å². The summed E-state index contributed by atoms with van der Waals surface area (Å²) in [4.78, 5) is 40.2. The predicted octanol–water partition coefficient (Wildman–Crippen LogP) is 2.94. The Balaban J connectivity index is 1.19. The van der Waals surface area contributed by atoms with Crippen molar-refractivity contribution in [1.29, 1.82) is 0 Å². The van der Waals surface area contributed by atoms with E-state index >= 15 is 0 Å². The summed E-state index contributed by atoms with van der Waals surface area (Å²) in [6, 6.07) is 13.0. The van der Waals surface area contributed by atoms with Crippen molar-refractivity contribution in [2.45, 2.75) is 50.0 Å². The van der Waals surface area contributed by atoms with Gasteiger partial charge in [0.05, 0.1) is 17.1 Å². The number of nitrogens with zero attached hydrogens (tertiary/aromatic N) is 3. The van der Waals surface area contributed by atoms with E-state index in [1.165, 1.54) is 32.3 Å². The Labute approximate surface area is 244 Å². The van der Waals surface area contributed by atoms with Gasteiger partial charge in [0.2, 0.25) is 10.0 Å². The summed E-state index contributed by atoms with van der Waals surface area (Å²) in [5, 5.41) is 2.62. The number of hydrogen-bond acceptors (Lipinski definition) is 9. The Morgan fingerprint density at radius 2 is 1.76 bits per heavy atom. The highest BCUT2D eigenvalue weighted by Gasteiger charge is 2.47. The molecule has 5 rings (SSSR count). The molecule has 42 heavy (non-hydrogen) atoms.